The van der Waals surface area contributed by atoms with Gasteiger partial charge in [0.1, 0.15) is 5.82 Å². The number of imidazole rings is 1. The Morgan fingerprint density at radius 1 is 1.43 bits per heavy atom. The quantitative estimate of drug-likeness (QED) is 0.532. The number of carbonyl (C=O) groups excluding carboxylic acids is 1. The van der Waals surface area contributed by atoms with Crippen molar-refractivity contribution in [2.75, 3.05) is 6.54 Å². The number of hydrogen-bond donors (Lipinski definition) is 3. The molecule has 0 radical (unpaired) electrons. The van der Waals surface area contributed by atoms with Crippen molar-refractivity contribution in [3.8, 4) is 0 Å². The summed E-state index contributed by atoms with van der Waals surface area (Å²) in [5.41, 5.74) is 3.76. The van der Waals surface area contributed by atoms with Crippen molar-refractivity contribution in [3.05, 3.63) is 30.1 Å². The highest BCUT2D eigenvalue weighted by atomic mass is 16.5. The summed E-state index contributed by atoms with van der Waals surface area (Å²) in [5.74, 6) is 0.535. The Labute approximate surface area is 124 Å². The molecule has 0 aliphatic rings. The highest BCUT2D eigenvalue weighted by molar-refractivity contribution is 5.80. The first kappa shape index (κ1) is 15.5. The van der Waals surface area contributed by atoms with Crippen LogP contribution in [0.5, 0.6) is 0 Å². The maximum absolute atomic E-state index is 11.6. The zero-order chi connectivity index (χ0) is 15.2. The Bertz CT molecular complexity index is 609. The summed E-state index contributed by atoms with van der Waals surface area (Å²) in [5, 5.41) is 11.9. The van der Waals surface area contributed by atoms with Gasteiger partial charge in [-0.1, -0.05) is 19.1 Å². The van der Waals surface area contributed by atoms with Gasteiger partial charge < -0.3 is 9.88 Å². The van der Waals surface area contributed by atoms with E-state index in [1.165, 1.54) is 0 Å². The number of benzene rings is 1. The van der Waals surface area contributed by atoms with Crippen LogP contribution in [0.4, 0.5) is 0 Å². The number of aryl methyl sites for hydroxylation is 2. The standard InChI is InChI=1S/C15H22N4O2/c1-3-10-16-12(15(20)18-21)8-9-14-17-11-6-4-5-7-13(11)19(14)2/h4-7,12,16,21H,3,8-10H2,1-2H3,(H,18,20)/t12-/m0/s1. The Kier molecular flexibility index (Phi) is 5.30. The number of hydroxylamine groups is 1. The number of hydrogen-bond acceptors (Lipinski definition) is 4. The summed E-state index contributed by atoms with van der Waals surface area (Å²) in [6.07, 6.45) is 2.19. The highest BCUT2D eigenvalue weighted by Crippen LogP contribution is 2.15. The van der Waals surface area contributed by atoms with Crippen LogP contribution in [0.15, 0.2) is 24.3 Å². The molecule has 3 N–H and O–H groups in total. The molecule has 21 heavy (non-hydrogen) atoms. The maximum Gasteiger partial charge on any atom is 0.260 e. The Balaban J connectivity index is 2.08. The second-order valence-electron chi connectivity index (χ2n) is 5.10. The third kappa shape index (κ3) is 3.59. The number of rotatable bonds is 7. The van der Waals surface area contributed by atoms with Gasteiger partial charge in [0.15, 0.2) is 0 Å². The molecule has 0 saturated carbocycles. The van der Waals surface area contributed by atoms with Gasteiger partial charge in [0, 0.05) is 13.5 Å². The molecule has 1 aromatic carbocycles. The summed E-state index contributed by atoms with van der Waals surface area (Å²) < 4.78 is 2.04. The van der Waals surface area contributed by atoms with Gasteiger partial charge in [-0.3, -0.25) is 10.0 Å². The van der Waals surface area contributed by atoms with Crippen molar-refractivity contribution < 1.29 is 10.0 Å². The molecule has 1 atom stereocenters. The number of fused-ring (bicyclic) bond motifs is 1. The lowest BCUT2D eigenvalue weighted by Gasteiger charge is -2.16. The predicted octanol–water partition coefficient (Wildman–Crippen LogP) is 1.38. The first-order chi connectivity index (χ1) is 10.2. The smallest absolute Gasteiger partial charge is 0.260 e. The monoisotopic (exact) mass is 290 g/mol. The second kappa shape index (κ2) is 7.19. The van der Waals surface area contributed by atoms with E-state index < -0.39 is 11.9 Å². The number of amides is 1. The van der Waals surface area contributed by atoms with Crippen molar-refractivity contribution in [2.45, 2.75) is 32.2 Å². The summed E-state index contributed by atoms with van der Waals surface area (Å²) in [7, 11) is 1.98. The minimum Gasteiger partial charge on any atom is -0.331 e. The lowest BCUT2D eigenvalue weighted by atomic mass is 10.1. The lowest BCUT2D eigenvalue weighted by molar-refractivity contribution is -0.131. The maximum atomic E-state index is 11.6. The third-order valence-corrected chi connectivity index (χ3v) is 3.60. The molecule has 2 aromatic rings. The van der Waals surface area contributed by atoms with Crippen LogP contribution in [0.3, 0.4) is 0 Å². The summed E-state index contributed by atoms with van der Waals surface area (Å²) >= 11 is 0. The van der Waals surface area contributed by atoms with Gasteiger partial charge in [-0.25, -0.2) is 10.5 Å². The largest absolute Gasteiger partial charge is 0.331 e. The molecule has 0 aliphatic carbocycles. The molecule has 2 rings (SSSR count). The van der Waals surface area contributed by atoms with E-state index in [0.29, 0.717) is 12.8 Å². The van der Waals surface area contributed by atoms with Crippen LogP contribution >= 0.6 is 0 Å². The van der Waals surface area contributed by atoms with Gasteiger partial charge in [-0.2, -0.15) is 0 Å². The minimum absolute atomic E-state index is 0.401. The van der Waals surface area contributed by atoms with Crippen molar-refractivity contribution in [1.82, 2.24) is 20.3 Å². The van der Waals surface area contributed by atoms with Crippen LogP contribution in [0.1, 0.15) is 25.6 Å². The van der Waals surface area contributed by atoms with Crippen LogP contribution in [-0.2, 0) is 18.3 Å². The van der Waals surface area contributed by atoms with Gasteiger partial charge in [0.05, 0.1) is 17.1 Å². The first-order valence-corrected chi connectivity index (χ1v) is 7.25. The van der Waals surface area contributed by atoms with Crippen LogP contribution in [0, 0.1) is 0 Å². The molecule has 1 amide bonds. The Morgan fingerprint density at radius 3 is 2.86 bits per heavy atom. The van der Waals surface area contributed by atoms with Gasteiger partial charge in [0.2, 0.25) is 0 Å². The Morgan fingerprint density at radius 2 is 2.19 bits per heavy atom. The predicted molar refractivity (Wildman–Crippen MR) is 81.0 cm³/mol. The van der Waals surface area contributed by atoms with Crippen molar-refractivity contribution in [2.24, 2.45) is 7.05 Å². The van der Waals surface area contributed by atoms with E-state index in [1.54, 1.807) is 5.48 Å². The number of para-hydroxylation sites is 2. The number of aromatic nitrogens is 2. The number of nitrogens with zero attached hydrogens (tertiary/aromatic N) is 2. The number of carbonyl (C=O) groups is 1. The van der Waals surface area contributed by atoms with Crippen molar-refractivity contribution >= 4 is 16.9 Å². The van der Waals surface area contributed by atoms with Crippen LogP contribution in [0.2, 0.25) is 0 Å². The molecule has 6 nitrogen and oxygen atoms in total. The molecule has 0 bridgehead atoms. The molecule has 0 unspecified atom stereocenters. The molecule has 0 spiro atoms. The molecule has 0 saturated heterocycles. The van der Waals surface area contributed by atoms with Gasteiger partial charge in [-0.15, -0.1) is 0 Å². The third-order valence-electron chi connectivity index (χ3n) is 3.60. The highest BCUT2D eigenvalue weighted by Gasteiger charge is 2.18. The average molecular weight is 290 g/mol. The molecule has 1 aromatic heterocycles. The van der Waals surface area contributed by atoms with Crippen LogP contribution in [0.25, 0.3) is 11.0 Å². The molecule has 1 heterocycles. The molecular formula is C15H22N4O2. The first-order valence-electron chi connectivity index (χ1n) is 7.25. The van der Waals surface area contributed by atoms with E-state index >= 15 is 0 Å². The molecule has 114 valence electrons. The van der Waals surface area contributed by atoms with Gasteiger partial charge in [-0.05, 0) is 31.5 Å². The fourth-order valence-electron chi connectivity index (χ4n) is 2.41. The second-order valence-corrected chi connectivity index (χ2v) is 5.10. The van der Waals surface area contributed by atoms with Crippen molar-refractivity contribution in [1.29, 1.82) is 0 Å². The fourth-order valence-corrected chi connectivity index (χ4v) is 2.41. The van der Waals surface area contributed by atoms with Crippen molar-refractivity contribution in [3.63, 3.8) is 0 Å². The summed E-state index contributed by atoms with van der Waals surface area (Å²) in [6, 6.07) is 7.54. The normalized spacial score (nSPS) is 12.5. The molecular weight excluding hydrogens is 268 g/mol. The van der Waals surface area contributed by atoms with Gasteiger partial charge >= 0.3 is 0 Å². The summed E-state index contributed by atoms with van der Waals surface area (Å²) in [6.45, 7) is 2.77. The van der Waals surface area contributed by atoms with E-state index in [-0.39, 0.29) is 0 Å². The fraction of sp³-hybridized carbons (Fsp3) is 0.467. The van der Waals surface area contributed by atoms with Crippen LogP contribution < -0.4 is 10.8 Å². The zero-order valence-electron chi connectivity index (χ0n) is 12.5. The van der Waals surface area contributed by atoms with E-state index in [4.69, 9.17) is 5.21 Å². The van der Waals surface area contributed by atoms with Crippen LogP contribution in [-0.4, -0.2) is 33.3 Å². The SMILES string of the molecule is CCCN[C@@H](CCc1nc2ccccc2n1C)C(=O)NO. The minimum atomic E-state index is -0.408. The molecule has 6 heteroatoms. The summed E-state index contributed by atoms with van der Waals surface area (Å²) in [4.78, 5) is 16.2. The van der Waals surface area contributed by atoms with E-state index in [9.17, 15) is 4.79 Å². The zero-order valence-corrected chi connectivity index (χ0v) is 12.5. The van der Waals surface area contributed by atoms with E-state index in [0.717, 1.165) is 29.8 Å². The Hall–Kier alpha value is -1.92. The number of nitrogens with one attached hydrogen (secondary N) is 2. The van der Waals surface area contributed by atoms with Gasteiger partial charge in [0.25, 0.3) is 5.91 Å². The van der Waals surface area contributed by atoms with E-state index in [2.05, 4.69) is 10.3 Å². The lowest BCUT2D eigenvalue weighted by Crippen LogP contribution is -2.43. The average Bonchev–Trinajstić information content (AvgIpc) is 2.83. The molecule has 0 fully saturated rings. The molecule has 0 aliphatic heterocycles. The van der Waals surface area contributed by atoms with E-state index in [1.807, 2.05) is 42.8 Å². The topological polar surface area (TPSA) is 79.2 Å².